The van der Waals surface area contributed by atoms with Crippen LogP contribution in [0.15, 0.2) is 0 Å². The van der Waals surface area contributed by atoms with Gasteiger partial charge in [0.25, 0.3) is 0 Å². The predicted molar refractivity (Wildman–Crippen MR) is 91.1 cm³/mol. The SMILES string of the molecule is CN1CCCC(C(=O)N2CCC3(CC2)CN(S(C)(=O)=O)CCO3)C1. The van der Waals surface area contributed by atoms with Gasteiger partial charge in [-0.2, -0.15) is 4.31 Å². The van der Waals surface area contributed by atoms with E-state index in [1.54, 1.807) is 0 Å². The molecule has 0 aromatic heterocycles. The second-order valence-corrected chi connectivity index (χ2v) is 9.54. The number of rotatable bonds is 2. The Balaban J connectivity index is 1.58. The van der Waals surface area contributed by atoms with Crippen molar-refractivity contribution in [1.82, 2.24) is 14.1 Å². The summed E-state index contributed by atoms with van der Waals surface area (Å²) in [5.74, 6) is 0.366. The molecule has 8 heteroatoms. The number of likely N-dealkylation sites (tertiary alicyclic amines) is 2. The lowest BCUT2D eigenvalue weighted by molar-refractivity contribution is -0.149. The largest absolute Gasteiger partial charge is 0.372 e. The van der Waals surface area contributed by atoms with E-state index in [-0.39, 0.29) is 11.8 Å². The summed E-state index contributed by atoms with van der Waals surface area (Å²) in [4.78, 5) is 16.9. The highest BCUT2D eigenvalue weighted by molar-refractivity contribution is 7.88. The number of hydrogen-bond donors (Lipinski definition) is 0. The van der Waals surface area contributed by atoms with Gasteiger partial charge >= 0.3 is 0 Å². The molecule has 1 spiro atoms. The minimum atomic E-state index is -3.19. The smallest absolute Gasteiger partial charge is 0.226 e. The van der Waals surface area contributed by atoms with Gasteiger partial charge in [0, 0.05) is 32.7 Å². The summed E-state index contributed by atoms with van der Waals surface area (Å²) in [6, 6.07) is 0. The zero-order chi connectivity index (χ0) is 17.4. The molecule has 0 aromatic carbocycles. The summed E-state index contributed by atoms with van der Waals surface area (Å²) in [6.07, 6.45) is 4.74. The minimum absolute atomic E-state index is 0.109. The van der Waals surface area contributed by atoms with Gasteiger partial charge in [0.15, 0.2) is 0 Å². The van der Waals surface area contributed by atoms with E-state index < -0.39 is 15.6 Å². The topological polar surface area (TPSA) is 70.2 Å². The summed E-state index contributed by atoms with van der Waals surface area (Å²) in [6.45, 7) is 4.53. The molecular weight excluding hydrogens is 330 g/mol. The van der Waals surface area contributed by atoms with Crippen LogP contribution < -0.4 is 0 Å². The Morgan fingerprint density at radius 2 is 1.88 bits per heavy atom. The van der Waals surface area contributed by atoms with E-state index in [0.717, 1.165) is 25.9 Å². The Morgan fingerprint density at radius 1 is 1.17 bits per heavy atom. The molecule has 0 N–H and O–H groups in total. The molecular formula is C16H29N3O4S. The Morgan fingerprint density at radius 3 is 2.50 bits per heavy atom. The van der Waals surface area contributed by atoms with Crippen molar-refractivity contribution in [3.05, 3.63) is 0 Å². The van der Waals surface area contributed by atoms with Gasteiger partial charge in [0.2, 0.25) is 15.9 Å². The first kappa shape index (κ1) is 18.1. The van der Waals surface area contributed by atoms with Crippen LogP contribution in [0.2, 0.25) is 0 Å². The van der Waals surface area contributed by atoms with Crippen LogP contribution in [0.1, 0.15) is 25.7 Å². The van der Waals surface area contributed by atoms with E-state index in [9.17, 15) is 13.2 Å². The predicted octanol–water partition coefficient (Wildman–Crippen LogP) is -0.0188. The fourth-order valence-electron chi connectivity index (χ4n) is 4.16. The summed E-state index contributed by atoms with van der Waals surface area (Å²) >= 11 is 0. The van der Waals surface area contributed by atoms with Crippen LogP contribution in [0, 0.1) is 5.92 Å². The first-order valence-electron chi connectivity index (χ1n) is 8.86. The fraction of sp³-hybridized carbons (Fsp3) is 0.938. The van der Waals surface area contributed by atoms with Gasteiger partial charge in [0.1, 0.15) is 0 Å². The van der Waals surface area contributed by atoms with Crippen LogP contribution in [0.5, 0.6) is 0 Å². The van der Waals surface area contributed by atoms with Crippen molar-refractivity contribution in [2.45, 2.75) is 31.3 Å². The molecule has 0 radical (unpaired) electrons. The number of piperidine rings is 2. The Bertz CT molecular complexity index is 572. The molecule has 0 aliphatic carbocycles. The molecule has 3 rings (SSSR count). The zero-order valence-electron chi connectivity index (χ0n) is 14.7. The van der Waals surface area contributed by atoms with Gasteiger partial charge in [-0.1, -0.05) is 0 Å². The van der Waals surface area contributed by atoms with Crippen LogP contribution in [0.25, 0.3) is 0 Å². The molecule has 7 nitrogen and oxygen atoms in total. The standard InChI is InChI=1S/C16H29N3O4S/c1-17-7-3-4-14(12-17)15(20)18-8-5-16(6-9-18)13-19(10-11-23-16)24(2,21)22/h14H,3-13H2,1-2H3. The quantitative estimate of drug-likeness (QED) is 0.693. The summed E-state index contributed by atoms with van der Waals surface area (Å²) < 4.78 is 31.1. The lowest BCUT2D eigenvalue weighted by atomic mass is 9.88. The number of carbonyl (C=O) groups excluding carboxylic acids is 1. The third-order valence-electron chi connectivity index (χ3n) is 5.64. The van der Waals surface area contributed by atoms with E-state index in [0.29, 0.717) is 45.6 Å². The maximum Gasteiger partial charge on any atom is 0.226 e. The van der Waals surface area contributed by atoms with Crippen molar-refractivity contribution in [1.29, 1.82) is 0 Å². The number of nitrogens with zero attached hydrogens (tertiary/aromatic N) is 3. The molecule has 3 saturated heterocycles. The number of morpholine rings is 1. The van der Waals surface area contributed by atoms with Crippen molar-refractivity contribution < 1.29 is 17.9 Å². The first-order chi connectivity index (χ1) is 11.3. The lowest BCUT2D eigenvalue weighted by Gasteiger charge is -2.47. The molecule has 0 aromatic rings. The molecule has 3 fully saturated rings. The van der Waals surface area contributed by atoms with Gasteiger partial charge < -0.3 is 14.5 Å². The Hall–Kier alpha value is -0.700. The van der Waals surface area contributed by atoms with Gasteiger partial charge in [-0.05, 0) is 39.3 Å². The van der Waals surface area contributed by atoms with Crippen LogP contribution in [-0.2, 0) is 19.6 Å². The summed E-state index contributed by atoms with van der Waals surface area (Å²) in [5.41, 5.74) is -0.415. The highest BCUT2D eigenvalue weighted by Crippen LogP contribution is 2.32. The molecule has 1 unspecified atom stereocenters. The Labute approximate surface area is 145 Å². The van der Waals surface area contributed by atoms with E-state index >= 15 is 0 Å². The fourth-order valence-corrected chi connectivity index (χ4v) is 5.03. The van der Waals surface area contributed by atoms with Gasteiger partial charge in [-0.25, -0.2) is 8.42 Å². The van der Waals surface area contributed by atoms with Gasteiger partial charge in [-0.3, -0.25) is 4.79 Å². The van der Waals surface area contributed by atoms with Crippen LogP contribution in [-0.4, -0.2) is 93.2 Å². The van der Waals surface area contributed by atoms with Crippen LogP contribution >= 0.6 is 0 Å². The van der Waals surface area contributed by atoms with E-state index in [4.69, 9.17) is 4.74 Å². The maximum atomic E-state index is 12.7. The summed E-state index contributed by atoms with van der Waals surface area (Å²) in [5, 5.41) is 0. The van der Waals surface area contributed by atoms with E-state index in [1.807, 2.05) is 4.90 Å². The monoisotopic (exact) mass is 359 g/mol. The number of sulfonamides is 1. The average molecular weight is 359 g/mol. The average Bonchev–Trinajstić information content (AvgIpc) is 2.54. The van der Waals surface area contributed by atoms with Gasteiger partial charge in [-0.15, -0.1) is 0 Å². The molecule has 138 valence electrons. The molecule has 0 saturated carbocycles. The highest BCUT2D eigenvalue weighted by atomic mass is 32.2. The molecule has 0 bridgehead atoms. The molecule has 24 heavy (non-hydrogen) atoms. The third kappa shape index (κ3) is 3.92. The second-order valence-electron chi connectivity index (χ2n) is 7.55. The second kappa shape index (κ2) is 6.90. The van der Waals surface area contributed by atoms with Gasteiger partial charge in [0.05, 0.1) is 24.4 Å². The van der Waals surface area contributed by atoms with Crippen molar-refractivity contribution in [3.63, 3.8) is 0 Å². The minimum Gasteiger partial charge on any atom is -0.372 e. The molecule has 1 amide bonds. The molecule has 3 aliphatic rings. The normalized spacial score (nSPS) is 29.8. The molecule has 3 aliphatic heterocycles. The number of ether oxygens (including phenoxy) is 1. The highest BCUT2D eigenvalue weighted by Gasteiger charge is 2.43. The number of amides is 1. The zero-order valence-corrected chi connectivity index (χ0v) is 15.6. The lowest BCUT2D eigenvalue weighted by Crippen LogP contribution is -2.59. The number of carbonyl (C=O) groups is 1. The summed E-state index contributed by atoms with van der Waals surface area (Å²) in [7, 11) is -1.12. The molecule has 1 atom stereocenters. The van der Waals surface area contributed by atoms with Crippen molar-refractivity contribution in [3.8, 4) is 0 Å². The molecule has 3 heterocycles. The maximum absolute atomic E-state index is 12.7. The van der Waals surface area contributed by atoms with Crippen molar-refractivity contribution >= 4 is 15.9 Å². The van der Waals surface area contributed by atoms with E-state index in [1.165, 1.54) is 10.6 Å². The van der Waals surface area contributed by atoms with E-state index in [2.05, 4.69) is 11.9 Å². The third-order valence-corrected chi connectivity index (χ3v) is 6.89. The van der Waals surface area contributed by atoms with Crippen LogP contribution in [0.4, 0.5) is 0 Å². The first-order valence-corrected chi connectivity index (χ1v) is 10.7. The Kier molecular flexibility index (Phi) is 5.20. The van der Waals surface area contributed by atoms with Crippen molar-refractivity contribution in [2.75, 3.05) is 59.2 Å². The van der Waals surface area contributed by atoms with Crippen LogP contribution in [0.3, 0.4) is 0 Å². The van der Waals surface area contributed by atoms with Crippen molar-refractivity contribution in [2.24, 2.45) is 5.92 Å². The number of hydrogen-bond acceptors (Lipinski definition) is 5.